The van der Waals surface area contributed by atoms with Crippen LogP contribution in [-0.2, 0) is 0 Å². The number of amides is 1. The van der Waals surface area contributed by atoms with Gasteiger partial charge < -0.3 is 14.7 Å². The van der Waals surface area contributed by atoms with Gasteiger partial charge in [0.05, 0.1) is 12.3 Å². The van der Waals surface area contributed by atoms with E-state index in [0.717, 1.165) is 31.7 Å². The molecule has 0 radical (unpaired) electrons. The van der Waals surface area contributed by atoms with E-state index < -0.39 is 0 Å². The Kier molecular flexibility index (Phi) is 4.75. The summed E-state index contributed by atoms with van der Waals surface area (Å²) < 4.78 is 19.4. The highest BCUT2D eigenvalue weighted by molar-refractivity contribution is 5.98. The number of hydrogen-bond donors (Lipinski definition) is 2. The van der Waals surface area contributed by atoms with Gasteiger partial charge in [0.15, 0.2) is 0 Å². The summed E-state index contributed by atoms with van der Waals surface area (Å²) in [6.45, 7) is 2.45. The lowest BCUT2D eigenvalue weighted by Gasteiger charge is -2.33. The predicted molar refractivity (Wildman–Crippen MR) is 97.5 cm³/mol. The molecule has 3 heterocycles. The van der Waals surface area contributed by atoms with Crippen molar-refractivity contribution >= 4 is 16.8 Å². The predicted octanol–water partition coefficient (Wildman–Crippen LogP) is 3.86. The van der Waals surface area contributed by atoms with E-state index in [4.69, 9.17) is 4.42 Å². The largest absolute Gasteiger partial charge is 0.468 e. The molecule has 6 heteroatoms. The minimum absolute atomic E-state index is 0.00960. The number of piperidine rings is 1. The highest BCUT2D eigenvalue weighted by atomic mass is 19.1. The molecule has 1 aliphatic rings. The highest BCUT2D eigenvalue weighted by Crippen LogP contribution is 2.25. The van der Waals surface area contributed by atoms with Gasteiger partial charge in [-0.15, -0.1) is 0 Å². The summed E-state index contributed by atoms with van der Waals surface area (Å²) in [6.07, 6.45) is 5.22. The van der Waals surface area contributed by atoms with Gasteiger partial charge in [-0.1, -0.05) is 12.5 Å². The number of nitrogens with one attached hydrogen (secondary N) is 2. The normalized spacial score (nSPS) is 16.7. The number of aromatic amines is 1. The van der Waals surface area contributed by atoms with E-state index in [9.17, 15) is 9.18 Å². The van der Waals surface area contributed by atoms with Crippen LogP contribution in [0.3, 0.4) is 0 Å². The molecule has 136 valence electrons. The van der Waals surface area contributed by atoms with Crippen LogP contribution >= 0.6 is 0 Å². The van der Waals surface area contributed by atoms with Gasteiger partial charge in [-0.25, -0.2) is 4.39 Å². The summed E-state index contributed by atoms with van der Waals surface area (Å²) in [4.78, 5) is 17.9. The fraction of sp³-hybridized carbons (Fsp3) is 0.350. The second kappa shape index (κ2) is 7.33. The lowest BCUT2D eigenvalue weighted by atomic mass is 10.1. The summed E-state index contributed by atoms with van der Waals surface area (Å²) >= 11 is 0. The van der Waals surface area contributed by atoms with Crippen LogP contribution in [0.4, 0.5) is 4.39 Å². The number of rotatable bonds is 5. The number of carbonyl (C=O) groups is 1. The Balaban J connectivity index is 1.49. The molecule has 1 aliphatic heterocycles. The number of aromatic nitrogens is 1. The summed E-state index contributed by atoms with van der Waals surface area (Å²) in [5.74, 6) is 0.281. The van der Waals surface area contributed by atoms with Crippen LogP contribution in [0.15, 0.2) is 47.1 Å². The van der Waals surface area contributed by atoms with Crippen molar-refractivity contribution in [3.05, 3.63) is 59.9 Å². The second-order valence-corrected chi connectivity index (χ2v) is 6.72. The van der Waals surface area contributed by atoms with Crippen LogP contribution in [0.5, 0.6) is 0 Å². The molecule has 1 atom stereocenters. The topological polar surface area (TPSA) is 61.3 Å². The number of nitrogens with zero attached hydrogens (tertiary/aromatic N) is 1. The zero-order chi connectivity index (χ0) is 17.9. The molecule has 3 aromatic rings. The second-order valence-electron chi connectivity index (χ2n) is 6.72. The van der Waals surface area contributed by atoms with Crippen LogP contribution in [0, 0.1) is 5.82 Å². The van der Waals surface area contributed by atoms with E-state index >= 15 is 0 Å². The van der Waals surface area contributed by atoms with Crippen molar-refractivity contribution in [2.24, 2.45) is 0 Å². The van der Waals surface area contributed by atoms with E-state index in [1.165, 1.54) is 12.5 Å². The van der Waals surface area contributed by atoms with Crippen LogP contribution in [0.1, 0.15) is 41.6 Å². The first-order valence-corrected chi connectivity index (χ1v) is 9.05. The number of benzene rings is 1. The molecule has 0 aliphatic carbocycles. The number of likely N-dealkylation sites (tertiary alicyclic amines) is 1. The van der Waals surface area contributed by atoms with Crippen molar-refractivity contribution in [2.45, 2.75) is 25.3 Å². The molecule has 1 unspecified atom stereocenters. The fourth-order valence-corrected chi connectivity index (χ4v) is 3.65. The molecular formula is C20H22FN3O2. The van der Waals surface area contributed by atoms with Crippen molar-refractivity contribution < 1.29 is 13.6 Å². The van der Waals surface area contributed by atoms with Crippen LogP contribution in [0.25, 0.3) is 10.9 Å². The minimum Gasteiger partial charge on any atom is -0.468 e. The third kappa shape index (κ3) is 3.37. The monoisotopic (exact) mass is 355 g/mol. The lowest BCUT2D eigenvalue weighted by Crippen LogP contribution is -2.40. The van der Waals surface area contributed by atoms with Gasteiger partial charge in [0.1, 0.15) is 17.3 Å². The van der Waals surface area contributed by atoms with Gasteiger partial charge in [0.2, 0.25) is 0 Å². The van der Waals surface area contributed by atoms with Crippen LogP contribution < -0.4 is 5.32 Å². The van der Waals surface area contributed by atoms with Crippen molar-refractivity contribution in [3.63, 3.8) is 0 Å². The molecule has 1 saturated heterocycles. The minimum atomic E-state index is -0.334. The van der Waals surface area contributed by atoms with Gasteiger partial charge in [0.25, 0.3) is 5.91 Å². The first-order chi connectivity index (χ1) is 12.7. The summed E-state index contributed by atoms with van der Waals surface area (Å²) in [5.41, 5.74) is 0.982. The Hall–Kier alpha value is -2.60. The third-order valence-electron chi connectivity index (χ3n) is 5.01. The summed E-state index contributed by atoms with van der Waals surface area (Å²) in [7, 11) is 0. The SMILES string of the molecule is O=C(NCC(c1ccco1)N1CCCCC1)c1cc2c(F)cccc2[nH]1. The first-order valence-electron chi connectivity index (χ1n) is 9.05. The molecule has 0 saturated carbocycles. The van der Waals surface area contributed by atoms with Crippen molar-refractivity contribution in [1.29, 1.82) is 0 Å². The van der Waals surface area contributed by atoms with E-state index in [1.807, 2.05) is 12.1 Å². The molecular weight excluding hydrogens is 333 g/mol. The molecule has 4 rings (SSSR count). The Labute approximate surface area is 151 Å². The third-order valence-corrected chi connectivity index (χ3v) is 5.01. The number of carbonyl (C=O) groups excluding carboxylic acids is 1. The van der Waals surface area contributed by atoms with E-state index in [2.05, 4.69) is 15.2 Å². The molecule has 1 fully saturated rings. The number of halogens is 1. The van der Waals surface area contributed by atoms with E-state index in [0.29, 0.717) is 23.1 Å². The molecule has 0 bridgehead atoms. The summed E-state index contributed by atoms with van der Waals surface area (Å²) in [6, 6.07) is 10.2. The van der Waals surface area contributed by atoms with Crippen LogP contribution in [0.2, 0.25) is 0 Å². The Morgan fingerprint density at radius 2 is 2.08 bits per heavy atom. The molecule has 2 aromatic heterocycles. The standard InChI is InChI=1S/C20H22FN3O2/c21-15-6-4-7-16-14(15)12-17(23-16)20(25)22-13-18(19-8-5-11-26-19)24-9-2-1-3-10-24/h4-8,11-12,18,23H,1-3,9-10,13H2,(H,22,25). The van der Waals surface area contributed by atoms with E-state index in [1.54, 1.807) is 24.5 Å². The van der Waals surface area contributed by atoms with Gasteiger partial charge in [0, 0.05) is 17.4 Å². The molecule has 1 aromatic carbocycles. The van der Waals surface area contributed by atoms with Crippen molar-refractivity contribution in [2.75, 3.05) is 19.6 Å². The smallest absolute Gasteiger partial charge is 0.267 e. The Bertz CT molecular complexity index is 882. The zero-order valence-corrected chi connectivity index (χ0v) is 14.5. The lowest BCUT2D eigenvalue weighted by molar-refractivity contribution is 0.0910. The van der Waals surface area contributed by atoms with Gasteiger partial charge in [-0.05, 0) is 56.3 Å². The quantitative estimate of drug-likeness (QED) is 0.731. The molecule has 26 heavy (non-hydrogen) atoms. The Morgan fingerprint density at radius 3 is 2.81 bits per heavy atom. The number of hydrogen-bond acceptors (Lipinski definition) is 3. The van der Waals surface area contributed by atoms with Crippen molar-refractivity contribution in [3.8, 4) is 0 Å². The maximum absolute atomic E-state index is 13.8. The van der Waals surface area contributed by atoms with E-state index in [-0.39, 0.29) is 17.8 Å². The van der Waals surface area contributed by atoms with Gasteiger partial charge >= 0.3 is 0 Å². The average Bonchev–Trinajstić information content (AvgIpc) is 3.33. The molecule has 0 spiro atoms. The average molecular weight is 355 g/mol. The summed E-state index contributed by atoms with van der Waals surface area (Å²) in [5, 5.41) is 3.40. The van der Waals surface area contributed by atoms with Gasteiger partial charge in [-0.3, -0.25) is 9.69 Å². The maximum Gasteiger partial charge on any atom is 0.267 e. The van der Waals surface area contributed by atoms with Crippen molar-refractivity contribution in [1.82, 2.24) is 15.2 Å². The number of H-pyrrole nitrogens is 1. The fourth-order valence-electron chi connectivity index (χ4n) is 3.65. The highest BCUT2D eigenvalue weighted by Gasteiger charge is 2.25. The zero-order valence-electron chi connectivity index (χ0n) is 14.5. The van der Waals surface area contributed by atoms with Gasteiger partial charge in [-0.2, -0.15) is 0 Å². The molecule has 5 nitrogen and oxygen atoms in total. The first kappa shape index (κ1) is 16.8. The molecule has 2 N–H and O–H groups in total. The molecule has 1 amide bonds. The van der Waals surface area contributed by atoms with Crippen LogP contribution in [-0.4, -0.2) is 35.4 Å². The number of fused-ring (bicyclic) bond motifs is 1. The Morgan fingerprint density at radius 1 is 1.23 bits per heavy atom. The number of furan rings is 1. The maximum atomic E-state index is 13.8.